The Balaban J connectivity index is 1.81. The van der Waals surface area contributed by atoms with Gasteiger partial charge in [-0.2, -0.15) is 0 Å². The fraction of sp³-hybridized carbons (Fsp3) is 0.586. The molecule has 0 amide bonds. The number of carbonyl (C=O) groups excluding carboxylic acids is 1. The number of aromatic hydroxyl groups is 1. The van der Waals surface area contributed by atoms with Crippen LogP contribution in [0.3, 0.4) is 0 Å². The molecule has 2 N–H and O–H groups in total. The first-order chi connectivity index (χ1) is 16.4. The van der Waals surface area contributed by atoms with Crippen molar-refractivity contribution < 1.29 is 29.3 Å². The van der Waals surface area contributed by atoms with Crippen LogP contribution in [0, 0.1) is 5.92 Å². The van der Waals surface area contributed by atoms with Crippen LogP contribution >= 0.6 is 0 Å². The van der Waals surface area contributed by atoms with Crippen LogP contribution in [-0.4, -0.2) is 34.4 Å². The zero-order chi connectivity index (χ0) is 25.8. The molecule has 0 fully saturated rings. The fourth-order valence-corrected chi connectivity index (χ4v) is 5.46. The Morgan fingerprint density at radius 3 is 2.63 bits per heavy atom. The Morgan fingerprint density at radius 2 is 1.94 bits per heavy atom. The number of esters is 1. The molecule has 0 unspecified atom stereocenters. The van der Waals surface area contributed by atoms with Crippen molar-refractivity contribution in [3.63, 3.8) is 0 Å². The molecule has 192 valence electrons. The lowest BCUT2D eigenvalue weighted by Crippen LogP contribution is -2.45. The smallest absolute Gasteiger partial charge is 0.331 e. The highest BCUT2D eigenvalue weighted by molar-refractivity contribution is 5.90. The highest BCUT2D eigenvalue weighted by Crippen LogP contribution is 2.55. The van der Waals surface area contributed by atoms with Gasteiger partial charge in [-0.3, -0.25) is 0 Å². The van der Waals surface area contributed by atoms with Gasteiger partial charge in [0.05, 0.1) is 0 Å². The van der Waals surface area contributed by atoms with Crippen LogP contribution in [0.15, 0.2) is 35.9 Å². The second-order valence-electron chi connectivity index (χ2n) is 11.1. The molecule has 3 rings (SSSR count). The molecule has 35 heavy (non-hydrogen) atoms. The molecule has 1 aromatic carbocycles. The van der Waals surface area contributed by atoms with E-state index >= 15 is 0 Å². The zero-order valence-corrected chi connectivity index (χ0v) is 21.7. The van der Waals surface area contributed by atoms with E-state index < -0.39 is 17.5 Å². The number of phenols is 1. The molecule has 1 aromatic rings. The van der Waals surface area contributed by atoms with E-state index in [1.54, 1.807) is 0 Å². The third-order valence-electron chi connectivity index (χ3n) is 7.58. The summed E-state index contributed by atoms with van der Waals surface area (Å²) in [5.74, 6) is -0.634. The minimum absolute atomic E-state index is 0.0451. The van der Waals surface area contributed by atoms with E-state index in [0.717, 1.165) is 53.9 Å². The van der Waals surface area contributed by atoms with Crippen LogP contribution in [0.4, 0.5) is 0 Å². The summed E-state index contributed by atoms with van der Waals surface area (Å²) in [6.07, 6.45) is 11.0. The quantitative estimate of drug-likeness (QED) is 0.172. The third kappa shape index (κ3) is 6.47. The van der Waals surface area contributed by atoms with Crippen LogP contribution in [-0.2, 0) is 19.7 Å². The molecule has 2 aliphatic rings. The van der Waals surface area contributed by atoms with Gasteiger partial charge in [-0.15, -0.1) is 0 Å². The lowest BCUT2D eigenvalue weighted by molar-refractivity contribution is -0.138. The largest absolute Gasteiger partial charge is 0.508 e. The van der Waals surface area contributed by atoms with Gasteiger partial charge in [0.2, 0.25) is 0 Å². The number of carboxylic acids is 1. The van der Waals surface area contributed by atoms with E-state index in [9.17, 15) is 14.7 Å². The molecule has 0 saturated heterocycles. The van der Waals surface area contributed by atoms with Gasteiger partial charge in [-0.25, -0.2) is 9.59 Å². The maximum atomic E-state index is 11.8. The van der Waals surface area contributed by atoms with E-state index in [1.165, 1.54) is 19.3 Å². The number of fused-ring (bicyclic) bond motifs is 3. The molecule has 0 radical (unpaired) electrons. The van der Waals surface area contributed by atoms with Gasteiger partial charge >= 0.3 is 11.9 Å². The number of hydrogen-bond donors (Lipinski definition) is 2. The summed E-state index contributed by atoms with van der Waals surface area (Å²) in [6.45, 7) is 11.0. The lowest BCUT2D eigenvalue weighted by Gasteiger charge is -2.47. The number of ether oxygens (including phenoxy) is 2. The third-order valence-corrected chi connectivity index (χ3v) is 7.58. The Labute approximate surface area is 209 Å². The highest BCUT2D eigenvalue weighted by Gasteiger charge is 2.46. The van der Waals surface area contributed by atoms with Gasteiger partial charge in [0.1, 0.15) is 23.7 Å². The van der Waals surface area contributed by atoms with Crippen molar-refractivity contribution in [3.05, 3.63) is 47.1 Å². The van der Waals surface area contributed by atoms with Gasteiger partial charge in [0.25, 0.3) is 0 Å². The molecule has 6 heteroatoms. The molecule has 0 spiro atoms. The topological polar surface area (TPSA) is 93.1 Å². The number of allylic oxidation sites excluding steroid dienone is 1. The standard InChI is InChI=1S/C29H40O6/c1-6-7-8-9-14-28(2,3)20-16-23(30)27-21-15-19(18-34-26(33)13-12-25(31)32)10-11-22(21)29(4,5)35-24(27)17-20/h10,12-13,16-17,21-22,30H,6-9,11,14-15,18H2,1-5H3,(H,31,32)/b13-12-/t21-,22-/m0/s1. The Hall–Kier alpha value is -2.76. The number of aliphatic carboxylic acids is 1. The van der Waals surface area contributed by atoms with Crippen LogP contribution in [0.2, 0.25) is 0 Å². The van der Waals surface area contributed by atoms with Gasteiger partial charge in [-0.05, 0) is 61.8 Å². The number of phenolic OH excluding ortho intramolecular Hbond substituents is 1. The second kappa shape index (κ2) is 10.9. The predicted octanol–water partition coefficient (Wildman–Crippen LogP) is 6.42. The summed E-state index contributed by atoms with van der Waals surface area (Å²) in [6, 6.07) is 4.02. The monoisotopic (exact) mass is 484 g/mol. The summed E-state index contributed by atoms with van der Waals surface area (Å²) in [4.78, 5) is 22.4. The van der Waals surface area contributed by atoms with Crippen molar-refractivity contribution in [3.8, 4) is 11.5 Å². The number of unbranched alkanes of at least 4 members (excludes halogenated alkanes) is 3. The number of benzene rings is 1. The van der Waals surface area contributed by atoms with Crippen molar-refractivity contribution in [2.75, 3.05) is 6.61 Å². The SMILES string of the molecule is CCCCCCC(C)(C)c1cc(O)c2c(c1)OC(C)(C)[C@H]1CC=C(COC(=O)/C=C\C(=O)O)C[C@H]21. The molecule has 1 aliphatic carbocycles. The second-order valence-corrected chi connectivity index (χ2v) is 11.1. The average Bonchev–Trinajstić information content (AvgIpc) is 2.78. The molecule has 2 atom stereocenters. The maximum absolute atomic E-state index is 11.8. The van der Waals surface area contributed by atoms with E-state index in [2.05, 4.69) is 46.8 Å². The summed E-state index contributed by atoms with van der Waals surface area (Å²) >= 11 is 0. The highest BCUT2D eigenvalue weighted by atomic mass is 16.5. The minimum Gasteiger partial charge on any atom is -0.508 e. The summed E-state index contributed by atoms with van der Waals surface area (Å²) in [7, 11) is 0. The van der Waals surface area contributed by atoms with E-state index in [0.29, 0.717) is 6.42 Å². The molecular formula is C29H40O6. The lowest BCUT2D eigenvalue weighted by atomic mass is 9.66. The van der Waals surface area contributed by atoms with Gasteiger partial charge in [0, 0.05) is 29.6 Å². The molecule has 1 aliphatic heterocycles. The number of carboxylic acid groups (broad SMARTS) is 1. The van der Waals surface area contributed by atoms with Crippen LogP contribution < -0.4 is 4.74 Å². The minimum atomic E-state index is -1.19. The summed E-state index contributed by atoms with van der Waals surface area (Å²) in [5.41, 5.74) is 2.41. The predicted molar refractivity (Wildman–Crippen MR) is 136 cm³/mol. The number of hydrogen-bond acceptors (Lipinski definition) is 5. The van der Waals surface area contributed by atoms with Crippen molar-refractivity contribution in [1.82, 2.24) is 0 Å². The first-order valence-corrected chi connectivity index (χ1v) is 12.8. The van der Waals surface area contributed by atoms with E-state index in [4.69, 9.17) is 14.6 Å². The maximum Gasteiger partial charge on any atom is 0.331 e. The van der Waals surface area contributed by atoms with E-state index in [-0.39, 0.29) is 29.6 Å². The van der Waals surface area contributed by atoms with Gasteiger partial charge < -0.3 is 19.7 Å². The molecule has 0 saturated carbocycles. The van der Waals surface area contributed by atoms with Crippen molar-refractivity contribution >= 4 is 11.9 Å². The fourth-order valence-electron chi connectivity index (χ4n) is 5.46. The number of rotatable bonds is 10. The van der Waals surface area contributed by atoms with Crippen molar-refractivity contribution in [2.24, 2.45) is 5.92 Å². The number of carbonyl (C=O) groups is 2. The van der Waals surface area contributed by atoms with Crippen molar-refractivity contribution in [1.29, 1.82) is 0 Å². The summed E-state index contributed by atoms with van der Waals surface area (Å²) < 4.78 is 11.7. The Bertz CT molecular complexity index is 1000. The first kappa shape index (κ1) is 26.8. The molecule has 0 aromatic heterocycles. The van der Waals surface area contributed by atoms with Crippen LogP contribution in [0.25, 0.3) is 0 Å². The Morgan fingerprint density at radius 1 is 1.20 bits per heavy atom. The molecular weight excluding hydrogens is 444 g/mol. The van der Waals surface area contributed by atoms with E-state index in [1.807, 2.05) is 6.07 Å². The molecule has 0 bridgehead atoms. The van der Waals surface area contributed by atoms with Gasteiger partial charge in [-0.1, -0.05) is 52.5 Å². The zero-order valence-electron chi connectivity index (χ0n) is 21.7. The van der Waals surface area contributed by atoms with Gasteiger partial charge in [0.15, 0.2) is 0 Å². The van der Waals surface area contributed by atoms with Crippen molar-refractivity contribution in [2.45, 2.75) is 96.5 Å². The van der Waals surface area contributed by atoms with Crippen LogP contribution in [0.5, 0.6) is 11.5 Å². The normalized spacial score (nSPS) is 21.0. The molecule has 6 nitrogen and oxygen atoms in total. The average molecular weight is 485 g/mol. The summed E-state index contributed by atoms with van der Waals surface area (Å²) in [5, 5.41) is 19.9. The molecule has 1 heterocycles. The first-order valence-electron chi connectivity index (χ1n) is 12.8. The van der Waals surface area contributed by atoms with Crippen LogP contribution in [0.1, 0.15) is 96.6 Å². The Kier molecular flexibility index (Phi) is 8.34.